The second-order valence-corrected chi connectivity index (χ2v) is 6.95. The van der Waals surface area contributed by atoms with Crippen LogP contribution >= 0.6 is 0 Å². The summed E-state index contributed by atoms with van der Waals surface area (Å²) in [5.74, 6) is -0.519. The Bertz CT molecular complexity index is 1540. The lowest BCUT2D eigenvalue weighted by Gasteiger charge is -2.17. The number of hydrazone groups is 1. The summed E-state index contributed by atoms with van der Waals surface area (Å²) in [5, 5.41) is 27.3. The van der Waals surface area contributed by atoms with Crippen LogP contribution in [0.2, 0.25) is 0 Å². The monoisotopic (exact) mass is 422 g/mol. The number of nitrogens with one attached hydrogen (secondary N) is 3. The number of carbonyl (C=O) groups is 1. The minimum atomic E-state index is -0.614. The Hall–Kier alpha value is -4.91. The van der Waals surface area contributed by atoms with E-state index in [0.717, 1.165) is 5.56 Å². The maximum Gasteiger partial charge on any atom is 0.273 e. The number of H-pyrrole nitrogens is 2. The summed E-state index contributed by atoms with van der Waals surface area (Å²) in [4.78, 5) is 29.5. The molecule has 3 aromatic rings. The first-order chi connectivity index (χ1) is 15.7. The highest BCUT2D eigenvalue weighted by Gasteiger charge is 2.36. The number of hydrogen-bond donors (Lipinski definition) is 3. The largest absolute Gasteiger partial charge is 0.286 e. The summed E-state index contributed by atoms with van der Waals surface area (Å²) < 4.78 is 0. The smallest absolute Gasteiger partial charge is 0.273 e. The quantitative estimate of drug-likeness (QED) is 0.313. The van der Waals surface area contributed by atoms with Crippen molar-refractivity contribution in [3.05, 3.63) is 92.9 Å². The summed E-state index contributed by atoms with van der Waals surface area (Å²) in [6.07, 6.45) is 0. The molecule has 5 rings (SSSR count). The summed E-state index contributed by atoms with van der Waals surface area (Å²) in [6, 6.07) is 19.5. The van der Waals surface area contributed by atoms with Crippen LogP contribution in [0.1, 0.15) is 15.9 Å². The third-order valence-electron chi connectivity index (χ3n) is 5.06. The molecule has 154 valence electrons. The Morgan fingerprint density at radius 3 is 2.47 bits per heavy atom. The van der Waals surface area contributed by atoms with Crippen molar-refractivity contribution in [3.63, 3.8) is 0 Å². The summed E-state index contributed by atoms with van der Waals surface area (Å²) in [7, 11) is 0. The minimum Gasteiger partial charge on any atom is -0.286 e. The van der Waals surface area contributed by atoms with Crippen LogP contribution in [0.15, 0.2) is 85.8 Å². The molecular formula is C22H14N8O2. The first kappa shape index (κ1) is 19.1. The molecule has 10 nitrogen and oxygen atoms in total. The number of benzene rings is 2. The van der Waals surface area contributed by atoms with Gasteiger partial charge in [-0.25, -0.2) is 4.99 Å². The lowest BCUT2D eigenvalue weighted by atomic mass is 9.88. The number of Topliss-reactive ketones (excluding diaryl/α,β-unsaturated/α-hetero) is 1. The lowest BCUT2D eigenvalue weighted by molar-refractivity contribution is 0.106. The fraction of sp³-hybridized carbons (Fsp3) is 0.0455. The number of aromatic nitrogens is 2. The summed E-state index contributed by atoms with van der Waals surface area (Å²) in [6.45, 7) is 0. The Labute approximate surface area is 180 Å². The van der Waals surface area contributed by atoms with Crippen LogP contribution in [0.25, 0.3) is 5.57 Å². The van der Waals surface area contributed by atoms with Crippen molar-refractivity contribution >= 4 is 28.7 Å². The second kappa shape index (κ2) is 7.73. The van der Waals surface area contributed by atoms with Crippen molar-refractivity contribution in [2.24, 2.45) is 26.2 Å². The van der Waals surface area contributed by atoms with E-state index in [1.54, 1.807) is 36.4 Å². The van der Waals surface area contributed by atoms with E-state index in [-0.39, 0.29) is 17.1 Å². The number of rotatable bonds is 4. The van der Waals surface area contributed by atoms with Crippen LogP contribution in [0.5, 0.6) is 0 Å². The van der Waals surface area contributed by atoms with Gasteiger partial charge in [0, 0.05) is 5.56 Å². The highest BCUT2D eigenvalue weighted by atomic mass is 16.1. The van der Waals surface area contributed by atoms with E-state index in [0.29, 0.717) is 27.7 Å². The van der Waals surface area contributed by atoms with Crippen LogP contribution in [-0.2, 0) is 0 Å². The van der Waals surface area contributed by atoms with Gasteiger partial charge in [-0.3, -0.25) is 25.2 Å². The second-order valence-electron chi connectivity index (χ2n) is 6.95. The molecule has 0 saturated heterocycles. The summed E-state index contributed by atoms with van der Waals surface area (Å²) in [5.41, 5.74) is 4.20. The van der Waals surface area contributed by atoms with E-state index in [1.165, 1.54) is 0 Å². The van der Waals surface area contributed by atoms with Gasteiger partial charge < -0.3 is 0 Å². The van der Waals surface area contributed by atoms with Crippen LogP contribution in [0, 0.1) is 17.2 Å². The molecule has 0 amide bonds. The van der Waals surface area contributed by atoms with E-state index in [1.807, 2.05) is 30.3 Å². The van der Waals surface area contributed by atoms with Gasteiger partial charge in [0.05, 0.1) is 5.22 Å². The number of carbonyl (C=O) groups excluding carboxylic acids is 1. The molecule has 0 fully saturated rings. The molecule has 3 heterocycles. The molecule has 3 N–H and O–H groups in total. The van der Waals surface area contributed by atoms with Crippen molar-refractivity contribution in [1.82, 2.24) is 15.6 Å². The molecule has 0 bridgehead atoms. The zero-order valence-corrected chi connectivity index (χ0v) is 16.4. The normalized spacial score (nSPS) is 18.2. The molecule has 10 heteroatoms. The molecule has 0 saturated carbocycles. The highest BCUT2D eigenvalue weighted by molar-refractivity contribution is 6.51. The average molecular weight is 422 g/mol. The van der Waals surface area contributed by atoms with Gasteiger partial charge >= 0.3 is 0 Å². The number of hydrogen-bond acceptors (Lipinski definition) is 7. The Morgan fingerprint density at radius 1 is 1.03 bits per heavy atom. The van der Waals surface area contributed by atoms with Gasteiger partial charge in [0.2, 0.25) is 11.5 Å². The highest BCUT2D eigenvalue weighted by Crippen LogP contribution is 2.27. The van der Waals surface area contributed by atoms with Gasteiger partial charge in [0.25, 0.3) is 5.56 Å². The third-order valence-corrected chi connectivity index (χ3v) is 5.06. The van der Waals surface area contributed by atoms with E-state index < -0.39 is 11.7 Å². The average Bonchev–Trinajstić information content (AvgIpc) is 3.42. The van der Waals surface area contributed by atoms with Gasteiger partial charge in [-0.05, 0) is 11.1 Å². The first-order valence-electron chi connectivity index (χ1n) is 9.61. The molecule has 1 atom stereocenters. The van der Waals surface area contributed by atoms with Crippen LogP contribution in [-0.4, -0.2) is 33.4 Å². The van der Waals surface area contributed by atoms with Crippen LogP contribution in [0.4, 0.5) is 0 Å². The van der Waals surface area contributed by atoms with E-state index in [4.69, 9.17) is 0 Å². The van der Waals surface area contributed by atoms with Gasteiger partial charge in [-0.2, -0.15) is 10.4 Å². The topological polar surface area (TPSA) is 151 Å². The molecule has 1 unspecified atom stereocenters. The summed E-state index contributed by atoms with van der Waals surface area (Å²) >= 11 is 0. The zero-order chi connectivity index (χ0) is 22.1. The molecule has 0 radical (unpaired) electrons. The van der Waals surface area contributed by atoms with E-state index in [2.05, 4.69) is 35.9 Å². The van der Waals surface area contributed by atoms with Gasteiger partial charge in [-0.15, -0.1) is 10.2 Å². The predicted octanol–water partition coefficient (Wildman–Crippen LogP) is 0.229. The van der Waals surface area contributed by atoms with Crippen molar-refractivity contribution in [1.29, 1.82) is 5.26 Å². The predicted molar refractivity (Wildman–Crippen MR) is 116 cm³/mol. The van der Waals surface area contributed by atoms with Crippen LogP contribution < -0.4 is 21.7 Å². The molecule has 0 spiro atoms. The maximum absolute atomic E-state index is 12.6. The Morgan fingerprint density at radius 2 is 1.75 bits per heavy atom. The fourth-order valence-electron chi connectivity index (χ4n) is 3.62. The van der Waals surface area contributed by atoms with Gasteiger partial charge in [0.15, 0.2) is 17.2 Å². The van der Waals surface area contributed by atoms with Crippen molar-refractivity contribution in [3.8, 4) is 6.07 Å². The molecular weight excluding hydrogens is 408 g/mol. The number of ketones is 1. The van der Waals surface area contributed by atoms with Gasteiger partial charge in [-0.1, -0.05) is 60.7 Å². The molecule has 2 aromatic carbocycles. The van der Waals surface area contributed by atoms with Crippen molar-refractivity contribution < 1.29 is 4.79 Å². The molecule has 2 aliphatic rings. The zero-order valence-electron chi connectivity index (χ0n) is 16.4. The minimum absolute atomic E-state index is 0.252. The third kappa shape index (κ3) is 3.14. The first-order valence-corrected chi connectivity index (χ1v) is 9.61. The van der Waals surface area contributed by atoms with Crippen LogP contribution in [0.3, 0.4) is 0 Å². The van der Waals surface area contributed by atoms with Crippen molar-refractivity contribution in [2.75, 3.05) is 0 Å². The number of nitrogens with zero attached hydrogens (tertiary/aromatic N) is 5. The lowest BCUT2D eigenvalue weighted by Crippen LogP contribution is -2.44. The number of nitriles is 1. The van der Waals surface area contributed by atoms with Crippen molar-refractivity contribution in [2.45, 2.75) is 0 Å². The fourth-order valence-corrected chi connectivity index (χ4v) is 3.62. The Balaban J connectivity index is 1.62. The molecule has 2 aliphatic heterocycles. The standard InChI is InChI=1S/C22H14N8O2/c23-11-14(18(31)13-9-5-2-6-10-13)25-28-21-16-15(12-7-3-1-4-8-12)17-20(27-30-22(17)32)24-19(16)26-29-21/h1-10,16H,(H,28,29)(H,30,32)(H,24,26,27)/b25-14-. The van der Waals surface area contributed by atoms with E-state index >= 15 is 0 Å². The molecule has 1 aromatic heterocycles. The SMILES string of the molecule is N#C/C(=N/N=C1/NN=C2N=c3[nH][nH]c(=O)c3=C(c3ccccc3)C21)C(=O)c1ccccc1. The molecule has 0 aliphatic carbocycles. The maximum atomic E-state index is 12.6. The Kier molecular flexibility index (Phi) is 4.61. The van der Waals surface area contributed by atoms with E-state index in [9.17, 15) is 14.9 Å². The number of fused-ring (bicyclic) bond motifs is 2. The molecule has 32 heavy (non-hydrogen) atoms. The number of amidine groups is 2. The number of aromatic amines is 2. The van der Waals surface area contributed by atoms with Gasteiger partial charge in [0.1, 0.15) is 12.0 Å².